The molecular weight excluding hydrogens is 230 g/mol. The fourth-order valence-corrected chi connectivity index (χ4v) is 2.16. The topological polar surface area (TPSA) is 58.8 Å². The second-order valence-corrected chi connectivity index (χ2v) is 4.45. The van der Waals surface area contributed by atoms with Crippen molar-refractivity contribution in [1.82, 2.24) is 9.80 Å². The van der Waals surface area contributed by atoms with Crippen molar-refractivity contribution in [2.45, 2.75) is 6.54 Å². The second-order valence-electron chi connectivity index (χ2n) is 4.45. The number of carbonyl (C=O) groups is 1. The molecule has 1 aromatic carbocycles. The normalized spacial score (nSPS) is 16.6. The fraction of sp³-hybridized carbons (Fsp3) is 0.462. The molecule has 0 spiro atoms. The summed E-state index contributed by atoms with van der Waals surface area (Å²) in [4.78, 5) is 15.0. The maximum Gasteiger partial charge on any atom is 0.314 e. The van der Waals surface area contributed by atoms with Gasteiger partial charge in [0.05, 0.1) is 7.11 Å². The highest BCUT2D eigenvalue weighted by molar-refractivity contribution is 5.72. The Labute approximate surface area is 107 Å². The van der Waals surface area contributed by atoms with Gasteiger partial charge >= 0.3 is 6.03 Å². The Hall–Kier alpha value is -1.75. The molecule has 5 nitrogen and oxygen atoms in total. The molecule has 98 valence electrons. The van der Waals surface area contributed by atoms with Gasteiger partial charge in [-0.25, -0.2) is 4.79 Å². The summed E-state index contributed by atoms with van der Waals surface area (Å²) in [5.74, 6) is 0.878. The van der Waals surface area contributed by atoms with Crippen molar-refractivity contribution in [1.29, 1.82) is 0 Å². The zero-order valence-corrected chi connectivity index (χ0v) is 10.6. The number of amides is 2. The smallest absolute Gasteiger partial charge is 0.314 e. The number of piperazine rings is 1. The third-order valence-electron chi connectivity index (χ3n) is 3.22. The highest BCUT2D eigenvalue weighted by Crippen LogP contribution is 2.15. The van der Waals surface area contributed by atoms with Crippen molar-refractivity contribution >= 4 is 6.03 Å². The van der Waals surface area contributed by atoms with Crippen LogP contribution in [-0.4, -0.2) is 49.1 Å². The first kappa shape index (κ1) is 12.7. The van der Waals surface area contributed by atoms with E-state index < -0.39 is 0 Å². The van der Waals surface area contributed by atoms with Gasteiger partial charge in [0.1, 0.15) is 5.75 Å². The standard InChI is InChI=1S/C13H19N3O2/c1-18-12-4-2-3-11(9-12)10-15-5-7-16(8-6-15)13(14)17/h2-4,9H,5-8,10H2,1H3,(H2,14,17). The van der Waals surface area contributed by atoms with Crippen LogP contribution in [-0.2, 0) is 6.54 Å². The second kappa shape index (κ2) is 5.73. The van der Waals surface area contributed by atoms with E-state index in [1.165, 1.54) is 5.56 Å². The molecule has 0 unspecified atom stereocenters. The number of urea groups is 1. The van der Waals surface area contributed by atoms with Gasteiger partial charge in [0.2, 0.25) is 0 Å². The van der Waals surface area contributed by atoms with Gasteiger partial charge in [-0.05, 0) is 17.7 Å². The SMILES string of the molecule is COc1cccc(CN2CCN(C(N)=O)CC2)c1. The summed E-state index contributed by atoms with van der Waals surface area (Å²) in [5.41, 5.74) is 6.48. The van der Waals surface area contributed by atoms with Gasteiger partial charge in [0, 0.05) is 32.7 Å². The Kier molecular flexibility index (Phi) is 4.04. The van der Waals surface area contributed by atoms with Gasteiger partial charge < -0.3 is 15.4 Å². The lowest BCUT2D eigenvalue weighted by Crippen LogP contribution is -2.50. The van der Waals surface area contributed by atoms with Crippen molar-refractivity contribution in [2.24, 2.45) is 5.73 Å². The Bertz CT molecular complexity index is 414. The van der Waals surface area contributed by atoms with Crippen LogP contribution < -0.4 is 10.5 Å². The van der Waals surface area contributed by atoms with E-state index in [2.05, 4.69) is 11.0 Å². The van der Waals surface area contributed by atoms with Gasteiger partial charge in [-0.2, -0.15) is 0 Å². The third-order valence-corrected chi connectivity index (χ3v) is 3.22. The molecule has 1 aromatic rings. The molecule has 0 radical (unpaired) electrons. The van der Waals surface area contributed by atoms with Crippen molar-refractivity contribution in [3.8, 4) is 5.75 Å². The van der Waals surface area contributed by atoms with Gasteiger partial charge in [-0.3, -0.25) is 4.90 Å². The zero-order chi connectivity index (χ0) is 13.0. The van der Waals surface area contributed by atoms with Crippen LogP contribution in [0.3, 0.4) is 0 Å². The van der Waals surface area contributed by atoms with E-state index in [0.29, 0.717) is 13.1 Å². The van der Waals surface area contributed by atoms with Crippen LogP contribution in [0.1, 0.15) is 5.56 Å². The molecule has 0 atom stereocenters. The van der Waals surface area contributed by atoms with Crippen LogP contribution in [0.5, 0.6) is 5.75 Å². The highest BCUT2D eigenvalue weighted by Gasteiger charge is 2.18. The number of rotatable bonds is 3. The van der Waals surface area contributed by atoms with Crippen molar-refractivity contribution < 1.29 is 9.53 Å². The highest BCUT2D eigenvalue weighted by atomic mass is 16.5. The molecule has 2 rings (SSSR count). The van der Waals surface area contributed by atoms with E-state index in [9.17, 15) is 4.79 Å². The predicted molar refractivity (Wildman–Crippen MR) is 69.4 cm³/mol. The molecule has 18 heavy (non-hydrogen) atoms. The van der Waals surface area contributed by atoms with Crippen molar-refractivity contribution in [3.63, 3.8) is 0 Å². The van der Waals surface area contributed by atoms with Crippen LogP contribution in [0, 0.1) is 0 Å². The maximum atomic E-state index is 11.0. The quantitative estimate of drug-likeness (QED) is 0.865. The molecule has 1 saturated heterocycles. The van der Waals surface area contributed by atoms with E-state index in [-0.39, 0.29) is 6.03 Å². The number of carbonyl (C=O) groups excluding carboxylic acids is 1. The molecule has 1 aliphatic rings. The lowest BCUT2D eigenvalue weighted by molar-refractivity contribution is 0.140. The predicted octanol–water partition coefficient (Wildman–Crippen LogP) is 0.892. The molecular formula is C13H19N3O2. The number of nitrogens with zero attached hydrogens (tertiary/aromatic N) is 2. The Morgan fingerprint density at radius 3 is 2.67 bits per heavy atom. The lowest BCUT2D eigenvalue weighted by atomic mass is 10.2. The average Bonchev–Trinajstić information content (AvgIpc) is 2.39. The summed E-state index contributed by atoms with van der Waals surface area (Å²) < 4.78 is 5.20. The van der Waals surface area contributed by atoms with Gasteiger partial charge in [-0.1, -0.05) is 12.1 Å². The van der Waals surface area contributed by atoms with Crippen LogP contribution in [0.4, 0.5) is 4.79 Å². The molecule has 0 aromatic heterocycles. The number of benzene rings is 1. The summed E-state index contributed by atoms with van der Waals surface area (Å²) in [6, 6.07) is 7.74. The Morgan fingerprint density at radius 2 is 2.06 bits per heavy atom. The summed E-state index contributed by atoms with van der Waals surface area (Å²) in [7, 11) is 1.67. The minimum Gasteiger partial charge on any atom is -0.497 e. The van der Waals surface area contributed by atoms with E-state index >= 15 is 0 Å². The molecule has 2 amide bonds. The summed E-state index contributed by atoms with van der Waals surface area (Å²) in [6.45, 7) is 4.02. The molecule has 0 bridgehead atoms. The third kappa shape index (κ3) is 3.13. The van der Waals surface area contributed by atoms with E-state index in [4.69, 9.17) is 10.5 Å². The summed E-state index contributed by atoms with van der Waals surface area (Å²) >= 11 is 0. The van der Waals surface area contributed by atoms with Gasteiger partial charge in [-0.15, -0.1) is 0 Å². The number of hydrogen-bond acceptors (Lipinski definition) is 3. The first-order valence-electron chi connectivity index (χ1n) is 6.08. The fourth-order valence-electron chi connectivity index (χ4n) is 2.16. The molecule has 0 saturated carbocycles. The maximum absolute atomic E-state index is 11.0. The largest absolute Gasteiger partial charge is 0.497 e. The molecule has 1 heterocycles. The van der Waals surface area contributed by atoms with E-state index in [1.54, 1.807) is 12.0 Å². The van der Waals surface area contributed by atoms with Crippen LogP contribution in [0.15, 0.2) is 24.3 Å². The minimum absolute atomic E-state index is 0.323. The average molecular weight is 249 g/mol. The lowest BCUT2D eigenvalue weighted by Gasteiger charge is -2.33. The monoisotopic (exact) mass is 249 g/mol. The molecule has 5 heteroatoms. The first-order chi connectivity index (χ1) is 8.69. The van der Waals surface area contributed by atoms with Crippen LogP contribution >= 0.6 is 0 Å². The van der Waals surface area contributed by atoms with Gasteiger partial charge in [0.15, 0.2) is 0 Å². The van der Waals surface area contributed by atoms with Crippen LogP contribution in [0.2, 0.25) is 0 Å². The van der Waals surface area contributed by atoms with Crippen molar-refractivity contribution in [3.05, 3.63) is 29.8 Å². The van der Waals surface area contributed by atoms with E-state index in [0.717, 1.165) is 25.4 Å². The Morgan fingerprint density at radius 1 is 1.33 bits per heavy atom. The van der Waals surface area contributed by atoms with Gasteiger partial charge in [0.25, 0.3) is 0 Å². The first-order valence-corrected chi connectivity index (χ1v) is 6.08. The molecule has 0 aliphatic carbocycles. The van der Waals surface area contributed by atoms with Crippen molar-refractivity contribution in [2.75, 3.05) is 33.3 Å². The zero-order valence-electron chi connectivity index (χ0n) is 10.6. The Balaban J connectivity index is 1.89. The number of nitrogens with two attached hydrogens (primary N) is 1. The number of primary amides is 1. The molecule has 1 aliphatic heterocycles. The summed E-state index contributed by atoms with van der Waals surface area (Å²) in [6.07, 6.45) is 0. The number of methoxy groups -OCH3 is 1. The number of ether oxygens (including phenoxy) is 1. The molecule has 1 fully saturated rings. The minimum atomic E-state index is -0.323. The number of hydrogen-bond donors (Lipinski definition) is 1. The van der Waals surface area contributed by atoms with E-state index in [1.807, 2.05) is 18.2 Å². The summed E-state index contributed by atoms with van der Waals surface area (Å²) in [5, 5.41) is 0. The van der Waals surface area contributed by atoms with Crippen LogP contribution in [0.25, 0.3) is 0 Å². The molecule has 2 N–H and O–H groups in total.